The van der Waals surface area contributed by atoms with Gasteiger partial charge < -0.3 is 9.52 Å². The molecule has 0 unspecified atom stereocenters. The molecule has 0 aliphatic heterocycles. The van der Waals surface area contributed by atoms with Crippen LogP contribution in [0.25, 0.3) is 42.4 Å². The van der Waals surface area contributed by atoms with Crippen molar-refractivity contribution < 1.29 is 34.4 Å². The summed E-state index contributed by atoms with van der Waals surface area (Å²) in [7, 11) is 0. The number of allylic oxidation sites excluding steroid dienone is 2. The summed E-state index contributed by atoms with van der Waals surface area (Å²) in [5.74, 6) is 2.15. The van der Waals surface area contributed by atoms with Crippen LogP contribution in [-0.2, 0) is 30.3 Å². The Kier molecular flexibility index (Phi) is 14.2. The van der Waals surface area contributed by atoms with Crippen molar-refractivity contribution in [3.05, 3.63) is 77.4 Å². The number of carbonyl (C=O) groups excluding carboxylic acids is 1. The number of aromatic nitrogens is 1. The van der Waals surface area contributed by atoms with E-state index >= 15 is 0 Å². The molecule has 0 bridgehead atoms. The van der Waals surface area contributed by atoms with E-state index in [1.807, 2.05) is 33.9 Å². The third-order valence-electron chi connectivity index (χ3n) is 9.70. The van der Waals surface area contributed by atoms with Crippen molar-refractivity contribution in [2.45, 2.75) is 119 Å². The number of aliphatic hydroxyl groups is 1. The largest absolute Gasteiger partial charge is 0.512 e. The van der Waals surface area contributed by atoms with Crippen molar-refractivity contribution in [2.75, 3.05) is 0 Å². The first-order valence-electron chi connectivity index (χ1n) is 17.6. The summed E-state index contributed by atoms with van der Waals surface area (Å²) in [6, 6.07) is 16.7. The Balaban J connectivity index is 0.000000334. The van der Waals surface area contributed by atoms with Gasteiger partial charge in [0.05, 0.1) is 10.5 Å². The van der Waals surface area contributed by atoms with Gasteiger partial charge in [-0.3, -0.25) is 9.78 Å². The summed E-state index contributed by atoms with van der Waals surface area (Å²) < 4.78 is 8.87. The van der Waals surface area contributed by atoms with E-state index in [2.05, 4.69) is 84.0 Å². The van der Waals surface area contributed by atoms with Crippen LogP contribution in [0.2, 0.25) is 0 Å². The molecule has 0 amide bonds. The zero-order chi connectivity index (χ0) is 34.5. The van der Waals surface area contributed by atoms with Crippen molar-refractivity contribution >= 4 is 48.3 Å². The Morgan fingerprint density at radius 2 is 1.54 bits per heavy atom. The van der Waals surface area contributed by atoms with Gasteiger partial charge >= 0.3 is 0 Å². The summed E-state index contributed by atoms with van der Waals surface area (Å²) >= 11 is 1.80. The molecule has 0 fully saturated rings. The van der Waals surface area contributed by atoms with Gasteiger partial charge in [-0.05, 0) is 44.6 Å². The number of furan rings is 1. The van der Waals surface area contributed by atoms with Gasteiger partial charge in [-0.25, -0.2) is 0 Å². The maximum atomic E-state index is 11.7. The van der Waals surface area contributed by atoms with E-state index in [-0.39, 0.29) is 48.9 Å². The average Bonchev–Trinajstić information content (AvgIpc) is 3.59. The molecule has 3 aromatic heterocycles. The molecule has 2 aromatic carbocycles. The summed E-state index contributed by atoms with van der Waals surface area (Å²) in [6.45, 7) is 21.4. The van der Waals surface area contributed by atoms with Crippen LogP contribution in [0.4, 0.5) is 0 Å². The number of fused-ring (bicyclic) bond motifs is 4. The number of benzene rings is 2. The second-order valence-electron chi connectivity index (χ2n) is 13.8. The average molecular weight is 845 g/mol. The Hall–Kier alpha value is -2.79. The maximum Gasteiger partial charge on any atom is 0.162 e. The van der Waals surface area contributed by atoms with Crippen LogP contribution in [-0.4, -0.2) is 15.9 Å². The fourth-order valence-corrected chi connectivity index (χ4v) is 7.99. The van der Waals surface area contributed by atoms with Crippen LogP contribution in [0.5, 0.6) is 0 Å². The van der Waals surface area contributed by atoms with E-state index in [1.54, 1.807) is 11.3 Å². The van der Waals surface area contributed by atoms with Crippen LogP contribution in [0.15, 0.2) is 58.8 Å². The molecule has 4 nitrogen and oxygen atoms in total. The van der Waals surface area contributed by atoms with Gasteiger partial charge in [0.1, 0.15) is 5.76 Å². The quantitative estimate of drug-likeness (QED) is 0.0817. The molecule has 6 heteroatoms. The molecule has 0 aliphatic carbocycles. The molecule has 1 radical (unpaired) electrons. The third-order valence-corrected chi connectivity index (χ3v) is 11.0. The number of aryl methyl sites for hydroxylation is 1. The van der Waals surface area contributed by atoms with Crippen LogP contribution in [0.3, 0.4) is 0 Å². The van der Waals surface area contributed by atoms with E-state index in [1.165, 1.54) is 32.0 Å². The normalized spacial score (nSPS) is 12.3. The zero-order valence-corrected chi connectivity index (χ0v) is 33.8. The van der Waals surface area contributed by atoms with Gasteiger partial charge in [0.15, 0.2) is 11.4 Å². The Morgan fingerprint density at radius 3 is 2.12 bits per heavy atom. The first-order chi connectivity index (χ1) is 22.4. The predicted octanol–water partition coefficient (Wildman–Crippen LogP) is 13.0. The van der Waals surface area contributed by atoms with Gasteiger partial charge in [0, 0.05) is 71.0 Å². The third kappa shape index (κ3) is 8.32. The van der Waals surface area contributed by atoms with Crippen molar-refractivity contribution in [1.82, 2.24) is 4.98 Å². The monoisotopic (exact) mass is 845 g/mol. The molecular weight excluding hydrogens is 791 g/mol. The smallest absolute Gasteiger partial charge is 0.162 e. The second-order valence-corrected chi connectivity index (χ2v) is 14.8. The molecule has 5 aromatic rings. The minimum Gasteiger partial charge on any atom is -0.512 e. The molecule has 0 spiro atoms. The zero-order valence-electron chi connectivity index (χ0n) is 30.5. The molecule has 1 N–H and O–H groups in total. The van der Waals surface area contributed by atoms with E-state index in [9.17, 15) is 9.90 Å². The number of nitrogens with zero attached hydrogens (tertiary/aromatic N) is 1. The first-order valence-corrected chi connectivity index (χ1v) is 18.5. The van der Waals surface area contributed by atoms with Gasteiger partial charge in [-0.2, -0.15) is 0 Å². The van der Waals surface area contributed by atoms with Gasteiger partial charge in [-0.1, -0.05) is 104 Å². The van der Waals surface area contributed by atoms with Crippen LogP contribution >= 0.6 is 11.3 Å². The Labute approximate surface area is 305 Å². The maximum absolute atomic E-state index is 11.7. The number of hydrogen-bond acceptors (Lipinski definition) is 5. The number of pyridine rings is 1. The van der Waals surface area contributed by atoms with Gasteiger partial charge in [0.2, 0.25) is 0 Å². The number of rotatable bonds is 11. The molecule has 0 aliphatic rings. The summed E-state index contributed by atoms with van der Waals surface area (Å²) in [6.07, 6.45) is 9.08. The standard InChI is InChI=1S/C29H30NOS.C13H24O2.Ir/c1-7-18(8-2)23-16-20(15-19-11-9-10-12-21(19)23)24-27-22(13-14-30-24)25-26(32-27)17(3)28(31-25)29(4,5)6;1-5-10(6-2)12(14)9-13(15)11(7-3)8-4;/h9-14,16,18H,7-8H2,1-6H3;9-11,14H,5-8H2,1-4H3;/q-1;;/b;12-9-;. The van der Waals surface area contributed by atoms with Crippen molar-refractivity contribution in [3.8, 4) is 11.3 Å². The fourth-order valence-electron chi connectivity index (χ4n) is 6.77. The van der Waals surface area contributed by atoms with Crippen molar-refractivity contribution in [1.29, 1.82) is 0 Å². The molecule has 0 atom stereocenters. The molecule has 48 heavy (non-hydrogen) atoms. The van der Waals surface area contributed by atoms with Gasteiger partial charge in [-0.15, -0.1) is 40.5 Å². The number of hydrogen-bond donors (Lipinski definition) is 1. The summed E-state index contributed by atoms with van der Waals surface area (Å²) in [4.78, 5) is 16.6. The number of ketones is 1. The molecule has 0 saturated carbocycles. The predicted molar refractivity (Wildman–Crippen MR) is 202 cm³/mol. The summed E-state index contributed by atoms with van der Waals surface area (Å²) in [5.41, 5.74) is 5.73. The van der Waals surface area contributed by atoms with Gasteiger partial charge in [0.25, 0.3) is 0 Å². The fraction of sp³-hybridized carbons (Fsp3) is 0.476. The van der Waals surface area contributed by atoms with Crippen molar-refractivity contribution in [2.24, 2.45) is 11.8 Å². The Morgan fingerprint density at radius 1 is 0.917 bits per heavy atom. The minimum atomic E-state index is -0.0126. The number of carbonyl (C=O) groups is 1. The van der Waals surface area contributed by atoms with Crippen LogP contribution in [0.1, 0.15) is 124 Å². The van der Waals surface area contributed by atoms with E-state index in [4.69, 9.17) is 9.40 Å². The molecule has 261 valence electrons. The molecule has 3 heterocycles. The van der Waals surface area contributed by atoms with Crippen LogP contribution in [0, 0.1) is 24.8 Å². The Bertz CT molecular complexity index is 1850. The van der Waals surface area contributed by atoms with Crippen LogP contribution < -0.4 is 0 Å². The van der Waals surface area contributed by atoms with E-state index in [0.717, 1.165) is 71.9 Å². The molecule has 0 saturated heterocycles. The first kappa shape index (κ1) is 39.6. The second kappa shape index (κ2) is 17.2. The van der Waals surface area contributed by atoms with E-state index in [0.29, 0.717) is 5.92 Å². The van der Waals surface area contributed by atoms with E-state index < -0.39 is 0 Å². The number of thiophene rings is 1. The topological polar surface area (TPSA) is 63.3 Å². The SMILES string of the molecule is CCC(CC)C(=O)/C=C(\O)C(CC)CC.CCC(CC)c1cc(-c2nccc3c2sc2c(C)c(C(C)(C)C)oc23)[c-]c2ccccc12.[Ir]. The minimum absolute atomic E-state index is 0. The van der Waals surface area contributed by atoms with Crippen molar-refractivity contribution in [3.63, 3.8) is 0 Å². The molecular formula is C42H54IrNO3S-. The number of aliphatic hydroxyl groups excluding tert-OH is 1. The summed E-state index contributed by atoms with van der Waals surface area (Å²) in [5, 5.41) is 13.4. The molecule has 5 rings (SSSR count).